The van der Waals surface area contributed by atoms with Gasteiger partial charge in [-0.3, -0.25) is 19.2 Å². The maximum Gasteiger partial charge on any atom is 0.312 e. The molecule has 0 aliphatic carbocycles. The van der Waals surface area contributed by atoms with E-state index in [9.17, 15) is 24.0 Å². The van der Waals surface area contributed by atoms with Gasteiger partial charge in [0, 0.05) is 79.3 Å². The van der Waals surface area contributed by atoms with Crippen molar-refractivity contribution < 1.29 is 28.7 Å². The zero-order valence-corrected chi connectivity index (χ0v) is 35.8. The van der Waals surface area contributed by atoms with E-state index in [4.69, 9.17) is 10.5 Å². The van der Waals surface area contributed by atoms with Gasteiger partial charge < -0.3 is 51.5 Å². The first kappa shape index (κ1) is 46.6. The van der Waals surface area contributed by atoms with Gasteiger partial charge in [0.2, 0.25) is 23.6 Å². The van der Waals surface area contributed by atoms with E-state index in [0.29, 0.717) is 44.6 Å². The molecule has 16 heteroatoms. The third-order valence-electron chi connectivity index (χ3n) is 10.7. The number of benzene rings is 2. The van der Waals surface area contributed by atoms with E-state index in [1.165, 1.54) is 9.80 Å². The van der Waals surface area contributed by atoms with E-state index in [2.05, 4.69) is 64.6 Å². The number of methoxy groups -OCH3 is 1. The molecule has 2 aromatic heterocycles. The Kier molecular flexibility index (Phi) is 18.6. The summed E-state index contributed by atoms with van der Waals surface area (Å²) in [6.45, 7) is 7.28. The Bertz CT molecular complexity index is 1980. The first-order valence-corrected chi connectivity index (χ1v) is 21.1. The number of rotatable bonds is 26. The normalized spacial score (nSPS) is 12.6. The van der Waals surface area contributed by atoms with Crippen molar-refractivity contribution in [2.45, 2.75) is 71.4 Å². The Labute approximate surface area is 352 Å². The smallest absolute Gasteiger partial charge is 0.312 e. The van der Waals surface area contributed by atoms with Crippen LogP contribution in [0.25, 0.3) is 21.8 Å². The van der Waals surface area contributed by atoms with Gasteiger partial charge >= 0.3 is 6.03 Å². The van der Waals surface area contributed by atoms with Crippen LogP contribution in [0.1, 0.15) is 57.6 Å². The average Bonchev–Trinajstić information content (AvgIpc) is 3.83. The zero-order chi connectivity index (χ0) is 42.8. The van der Waals surface area contributed by atoms with Gasteiger partial charge in [0.1, 0.15) is 6.04 Å². The highest BCUT2D eigenvalue weighted by molar-refractivity contribution is 7.80. The number of H-pyrrole nitrogens is 2. The van der Waals surface area contributed by atoms with Crippen LogP contribution >= 0.6 is 12.6 Å². The fourth-order valence-electron chi connectivity index (χ4n) is 7.11. The number of nitrogens with two attached hydrogens (primary N) is 1. The number of hydrogen-bond donors (Lipinski definition) is 8. The molecule has 0 spiro atoms. The van der Waals surface area contributed by atoms with E-state index in [0.717, 1.165) is 39.4 Å². The number of hydrogen-bond acceptors (Lipinski definition) is 8. The minimum Gasteiger partial charge on any atom is -0.383 e. The van der Waals surface area contributed by atoms with Crippen LogP contribution in [0, 0.1) is 5.41 Å². The first-order valence-electron chi connectivity index (χ1n) is 20.4. The van der Waals surface area contributed by atoms with Crippen LogP contribution in [0.4, 0.5) is 4.79 Å². The molecular weight excluding hydrogens is 771 g/mol. The number of fused-ring (bicyclic) bond motifs is 2. The molecule has 0 aliphatic heterocycles. The van der Waals surface area contributed by atoms with E-state index >= 15 is 0 Å². The van der Waals surface area contributed by atoms with Crippen molar-refractivity contribution in [3.05, 3.63) is 72.1 Å². The molecule has 0 bridgehead atoms. The van der Waals surface area contributed by atoms with Crippen molar-refractivity contribution in [2.75, 3.05) is 65.3 Å². The van der Waals surface area contributed by atoms with Crippen LogP contribution in [0.2, 0.25) is 0 Å². The van der Waals surface area contributed by atoms with Crippen LogP contribution in [0.15, 0.2) is 60.9 Å². The van der Waals surface area contributed by atoms with Gasteiger partial charge in [0.05, 0.1) is 26.2 Å². The second kappa shape index (κ2) is 23.5. The third kappa shape index (κ3) is 14.9. The molecule has 2 unspecified atom stereocenters. The van der Waals surface area contributed by atoms with Crippen molar-refractivity contribution in [3.63, 3.8) is 0 Å². The van der Waals surface area contributed by atoms with Gasteiger partial charge in [-0.1, -0.05) is 63.6 Å². The average molecular weight is 834 g/mol. The molecule has 2 heterocycles. The lowest BCUT2D eigenvalue weighted by Crippen LogP contribution is -2.53. The number of amides is 6. The summed E-state index contributed by atoms with van der Waals surface area (Å²) in [5.41, 5.74) is 9.34. The standard InChI is InChI=1S/C43H63N9O6S/c1-5-43(2,3)24-32(49-42(44)57)14-15-37(41(56)46-19-23-59)50-38(53)28-51(20-16-30-25-47-35-12-8-6-10-33(30)35)40(55)29-52(39(54)27-45-18-22-58-4)21-17-31-26-48-36-13-9-7-11-34(31)36/h6-13,25-26,32,37,45,47-48,59H,5,14-24,27-29H2,1-4H3,(H,46,56)(H,50,53)(H3,44,49,57). The first-order chi connectivity index (χ1) is 28.3. The summed E-state index contributed by atoms with van der Waals surface area (Å²) >= 11 is 4.22. The third-order valence-corrected chi connectivity index (χ3v) is 11.0. The SMILES string of the molecule is CCC(C)(C)CC(CCC(NC(=O)CN(CCc1c[nH]c2ccccc12)C(=O)CN(CCc1c[nH]c2ccccc12)C(=O)CNCCOC)C(=O)NCCS)NC(N)=O. The molecule has 15 nitrogen and oxygen atoms in total. The van der Waals surface area contributed by atoms with Gasteiger partial charge in [0.15, 0.2) is 0 Å². The van der Waals surface area contributed by atoms with Crippen LogP contribution in [0.5, 0.6) is 0 Å². The van der Waals surface area contributed by atoms with Crippen LogP contribution in [-0.4, -0.2) is 127 Å². The van der Waals surface area contributed by atoms with Gasteiger partial charge in [-0.15, -0.1) is 0 Å². The molecule has 0 radical (unpaired) electrons. The molecule has 8 N–H and O–H groups in total. The lowest BCUT2D eigenvalue weighted by molar-refractivity contribution is -0.142. The van der Waals surface area contributed by atoms with E-state index in [-0.39, 0.29) is 63.1 Å². The molecular formula is C43H63N9O6S. The zero-order valence-electron chi connectivity index (χ0n) is 34.9. The van der Waals surface area contributed by atoms with E-state index in [1.807, 2.05) is 60.9 Å². The fraction of sp³-hybridized carbons (Fsp3) is 0.512. The number of aromatic nitrogens is 2. The Morgan fingerprint density at radius 1 is 0.831 bits per heavy atom. The predicted octanol–water partition coefficient (Wildman–Crippen LogP) is 3.50. The minimum absolute atomic E-state index is 0.00443. The van der Waals surface area contributed by atoms with Crippen molar-refractivity contribution in [1.82, 2.24) is 41.0 Å². The number of ether oxygens (including phenoxy) is 1. The molecule has 322 valence electrons. The molecule has 0 saturated carbocycles. The molecule has 0 saturated heterocycles. The van der Waals surface area contributed by atoms with Gasteiger partial charge in [-0.2, -0.15) is 12.6 Å². The molecule has 6 amide bonds. The lowest BCUT2D eigenvalue weighted by Gasteiger charge is -2.30. The quantitative estimate of drug-likeness (QED) is 0.0349. The molecule has 4 rings (SSSR count). The van der Waals surface area contributed by atoms with E-state index in [1.54, 1.807) is 7.11 Å². The summed E-state index contributed by atoms with van der Waals surface area (Å²) in [7, 11) is 1.58. The van der Waals surface area contributed by atoms with Crippen LogP contribution in [0.3, 0.4) is 0 Å². The van der Waals surface area contributed by atoms with Crippen molar-refractivity contribution in [3.8, 4) is 0 Å². The highest BCUT2D eigenvalue weighted by atomic mass is 32.1. The topological polar surface area (TPSA) is 207 Å². The molecule has 2 aromatic carbocycles. The second-order valence-corrected chi connectivity index (χ2v) is 16.1. The summed E-state index contributed by atoms with van der Waals surface area (Å²) in [5.74, 6) is -1.20. The summed E-state index contributed by atoms with van der Waals surface area (Å²) in [4.78, 5) is 76.9. The number of carbonyl (C=O) groups is 5. The Morgan fingerprint density at radius 3 is 1.98 bits per heavy atom. The number of carbonyl (C=O) groups excluding carboxylic acids is 5. The maximum absolute atomic E-state index is 14.4. The highest BCUT2D eigenvalue weighted by Gasteiger charge is 2.29. The number of urea groups is 1. The number of nitrogens with zero attached hydrogens (tertiary/aromatic N) is 2. The van der Waals surface area contributed by atoms with E-state index < -0.39 is 29.8 Å². The Balaban J connectivity index is 1.55. The number of thiol groups is 1. The van der Waals surface area contributed by atoms with Gasteiger partial charge in [-0.25, -0.2) is 4.79 Å². The van der Waals surface area contributed by atoms with Crippen molar-refractivity contribution >= 4 is 64.1 Å². The Morgan fingerprint density at radius 2 is 1.42 bits per heavy atom. The number of nitrogens with one attached hydrogen (secondary N) is 6. The highest BCUT2D eigenvalue weighted by Crippen LogP contribution is 2.28. The molecule has 2 atom stereocenters. The molecule has 0 fully saturated rings. The number of primary amides is 1. The predicted molar refractivity (Wildman–Crippen MR) is 235 cm³/mol. The Hall–Kier alpha value is -5.06. The summed E-state index contributed by atoms with van der Waals surface area (Å²) < 4.78 is 5.12. The van der Waals surface area contributed by atoms with Crippen LogP contribution in [-0.2, 0) is 36.8 Å². The lowest BCUT2D eigenvalue weighted by atomic mass is 9.82. The number of aromatic amines is 2. The monoisotopic (exact) mass is 833 g/mol. The van der Waals surface area contributed by atoms with Crippen molar-refractivity contribution in [2.24, 2.45) is 11.1 Å². The summed E-state index contributed by atoms with van der Waals surface area (Å²) in [5, 5.41) is 13.6. The minimum atomic E-state index is -0.956. The number of para-hydroxylation sites is 2. The molecule has 0 aliphatic rings. The second-order valence-electron chi connectivity index (χ2n) is 15.7. The molecule has 59 heavy (non-hydrogen) atoms. The van der Waals surface area contributed by atoms with Crippen LogP contribution < -0.4 is 27.0 Å². The largest absolute Gasteiger partial charge is 0.383 e. The van der Waals surface area contributed by atoms with Gasteiger partial charge in [0.25, 0.3) is 0 Å². The fourth-order valence-corrected chi connectivity index (χ4v) is 7.22. The molecule has 4 aromatic rings. The van der Waals surface area contributed by atoms with Crippen molar-refractivity contribution in [1.29, 1.82) is 0 Å². The summed E-state index contributed by atoms with van der Waals surface area (Å²) in [6.07, 6.45) is 6.83. The summed E-state index contributed by atoms with van der Waals surface area (Å²) in [6, 6.07) is 13.8. The van der Waals surface area contributed by atoms with Gasteiger partial charge in [-0.05, 0) is 60.8 Å². The maximum atomic E-state index is 14.4.